The van der Waals surface area contributed by atoms with Gasteiger partial charge in [-0.25, -0.2) is 0 Å². The first-order chi connectivity index (χ1) is 6.26. The molecule has 1 unspecified atom stereocenters. The van der Waals surface area contributed by atoms with Crippen molar-refractivity contribution in [3.63, 3.8) is 0 Å². The molecule has 3 N–H and O–H groups in total. The molecule has 0 saturated heterocycles. The van der Waals surface area contributed by atoms with Gasteiger partial charge in [0.1, 0.15) is 0 Å². The van der Waals surface area contributed by atoms with Crippen molar-refractivity contribution in [2.24, 2.45) is 0 Å². The Balaban J connectivity index is 2.46. The lowest BCUT2D eigenvalue weighted by atomic mass is 10.1. The fraction of sp³-hybridized carbons (Fsp3) is 0.750. The Kier molecular flexibility index (Phi) is 3.54. The highest BCUT2D eigenvalue weighted by Gasteiger charge is 2.08. The fourth-order valence-corrected chi connectivity index (χ4v) is 1.19. The van der Waals surface area contributed by atoms with Crippen LogP contribution in [0.3, 0.4) is 0 Å². The van der Waals surface area contributed by atoms with Crippen LogP contribution in [0, 0.1) is 0 Å². The van der Waals surface area contributed by atoms with E-state index in [4.69, 9.17) is 10.2 Å². The van der Waals surface area contributed by atoms with Crippen LogP contribution in [-0.2, 0) is 0 Å². The zero-order valence-corrected chi connectivity index (χ0v) is 8.08. The Morgan fingerprint density at radius 2 is 2.23 bits per heavy atom. The molecule has 1 aromatic rings. The van der Waals surface area contributed by atoms with Crippen LogP contribution < -0.4 is 11.1 Å². The predicted molar refractivity (Wildman–Crippen MR) is 51.3 cm³/mol. The zero-order valence-electron chi connectivity index (χ0n) is 8.08. The highest BCUT2D eigenvalue weighted by molar-refractivity contribution is 5.23. The minimum absolute atomic E-state index is 0.105. The second-order valence-corrected chi connectivity index (χ2v) is 2.98. The van der Waals surface area contributed by atoms with Gasteiger partial charge in [-0.1, -0.05) is 30.5 Å². The largest absolute Gasteiger partial charge is 0.390 e. The number of anilines is 2. The van der Waals surface area contributed by atoms with Gasteiger partial charge in [-0.2, -0.15) is 0 Å². The topological polar surface area (TPSA) is 77.0 Å². The van der Waals surface area contributed by atoms with Crippen LogP contribution in [0.1, 0.15) is 33.1 Å². The summed E-state index contributed by atoms with van der Waals surface area (Å²) >= 11 is 0. The van der Waals surface area contributed by atoms with E-state index < -0.39 is 0 Å². The third kappa shape index (κ3) is 2.93. The second kappa shape index (κ2) is 4.69. The molecule has 0 amide bonds. The van der Waals surface area contributed by atoms with E-state index in [2.05, 4.69) is 29.4 Å². The summed E-state index contributed by atoms with van der Waals surface area (Å²) in [5, 5.41) is 10.4. The number of rotatable bonds is 5. The Hall–Kier alpha value is -1.26. The maximum atomic E-state index is 5.29. The van der Waals surface area contributed by atoms with Gasteiger partial charge in [-0.05, 0) is 12.8 Å². The molecule has 5 nitrogen and oxygen atoms in total. The van der Waals surface area contributed by atoms with Crippen LogP contribution in [0.15, 0.2) is 4.42 Å². The van der Waals surface area contributed by atoms with Crippen molar-refractivity contribution in [3.8, 4) is 0 Å². The zero-order chi connectivity index (χ0) is 9.68. The van der Waals surface area contributed by atoms with Crippen molar-refractivity contribution in [2.75, 3.05) is 11.1 Å². The average molecular weight is 184 g/mol. The van der Waals surface area contributed by atoms with Gasteiger partial charge in [0, 0.05) is 6.04 Å². The van der Waals surface area contributed by atoms with Crippen LogP contribution in [0.2, 0.25) is 0 Å². The summed E-state index contributed by atoms with van der Waals surface area (Å²) < 4.78 is 5.01. The lowest BCUT2D eigenvalue weighted by Gasteiger charge is -2.13. The molecule has 1 aromatic heterocycles. The molecular formula is C8H16N4O. The van der Waals surface area contributed by atoms with E-state index in [1.54, 1.807) is 0 Å². The number of hydrogen-bond donors (Lipinski definition) is 2. The lowest BCUT2D eigenvalue weighted by Crippen LogP contribution is -2.18. The summed E-state index contributed by atoms with van der Waals surface area (Å²) in [5.74, 6) is 0. The fourth-order valence-electron chi connectivity index (χ4n) is 1.19. The normalized spacial score (nSPS) is 12.8. The second-order valence-electron chi connectivity index (χ2n) is 2.98. The van der Waals surface area contributed by atoms with Crippen molar-refractivity contribution in [1.82, 2.24) is 10.2 Å². The van der Waals surface area contributed by atoms with Gasteiger partial charge in [0.25, 0.3) is 0 Å². The quantitative estimate of drug-likeness (QED) is 0.727. The van der Waals surface area contributed by atoms with Crippen molar-refractivity contribution >= 4 is 12.0 Å². The highest BCUT2D eigenvalue weighted by Crippen LogP contribution is 2.11. The monoisotopic (exact) mass is 184 g/mol. The first-order valence-electron chi connectivity index (χ1n) is 4.61. The van der Waals surface area contributed by atoms with Gasteiger partial charge in [-0.15, -0.1) is 0 Å². The standard InChI is InChI=1S/C8H16N4O/c1-3-5-6(4-2)10-8-12-11-7(9)13-8/h6H,3-5H2,1-2H3,(H2,9,11)(H,10,12). The molecule has 0 radical (unpaired) electrons. The summed E-state index contributed by atoms with van der Waals surface area (Å²) in [7, 11) is 0. The van der Waals surface area contributed by atoms with E-state index in [9.17, 15) is 0 Å². The Morgan fingerprint density at radius 1 is 1.46 bits per heavy atom. The van der Waals surface area contributed by atoms with E-state index in [0.717, 1.165) is 19.3 Å². The Bertz CT molecular complexity index is 248. The van der Waals surface area contributed by atoms with Crippen molar-refractivity contribution < 1.29 is 4.42 Å². The van der Waals surface area contributed by atoms with E-state index in [-0.39, 0.29) is 6.01 Å². The van der Waals surface area contributed by atoms with Gasteiger partial charge >= 0.3 is 12.0 Å². The molecule has 1 rings (SSSR count). The molecule has 0 fully saturated rings. The molecular weight excluding hydrogens is 168 g/mol. The molecule has 5 heteroatoms. The maximum absolute atomic E-state index is 5.29. The minimum Gasteiger partial charge on any atom is -0.390 e. The average Bonchev–Trinajstić information content (AvgIpc) is 2.50. The number of aromatic nitrogens is 2. The molecule has 1 atom stereocenters. The van der Waals surface area contributed by atoms with Crippen molar-refractivity contribution in [1.29, 1.82) is 0 Å². The van der Waals surface area contributed by atoms with E-state index in [1.807, 2.05) is 0 Å². The number of nitrogen functional groups attached to an aromatic ring is 1. The summed E-state index contributed by atoms with van der Waals surface area (Å²) in [4.78, 5) is 0. The van der Waals surface area contributed by atoms with E-state index in [0.29, 0.717) is 12.1 Å². The van der Waals surface area contributed by atoms with Gasteiger partial charge in [0.2, 0.25) is 0 Å². The van der Waals surface area contributed by atoms with Crippen LogP contribution in [0.5, 0.6) is 0 Å². The molecule has 0 aliphatic rings. The van der Waals surface area contributed by atoms with Crippen LogP contribution >= 0.6 is 0 Å². The minimum atomic E-state index is 0.105. The number of hydrogen-bond acceptors (Lipinski definition) is 5. The SMILES string of the molecule is CCCC(CC)Nc1nnc(N)o1. The molecule has 0 saturated carbocycles. The summed E-state index contributed by atoms with van der Waals surface area (Å²) in [6.07, 6.45) is 3.27. The van der Waals surface area contributed by atoms with Crippen LogP contribution in [0.4, 0.5) is 12.0 Å². The molecule has 13 heavy (non-hydrogen) atoms. The number of nitrogens with two attached hydrogens (primary N) is 1. The first-order valence-corrected chi connectivity index (χ1v) is 4.61. The van der Waals surface area contributed by atoms with E-state index >= 15 is 0 Å². The molecule has 0 aromatic carbocycles. The summed E-state index contributed by atoms with van der Waals surface area (Å²) in [6, 6.07) is 0.913. The molecule has 0 aliphatic heterocycles. The third-order valence-electron chi connectivity index (χ3n) is 1.90. The van der Waals surface area contributed by atoms with Crippen LogP contribution in [-0.4, -0.2) is 16.2 Å². The Morgan fingerprint density at radius 3 is 2.69 bits per heavy atom. The predicted octanol–water partition coefficient (Wildman–Crippen LogP) is 1.64. The summed E-state index contributed by atoms with van der Waals surface area (Å²) in [6.45, 7) is 4.26. The maximum Gasteiger partial charge on any atom is 0.317 e. The smallest absolute Gasteiger partial charge is 0.317 e. The van der Waals surface area contributed by atoms with Crippen molar-refractivity contribution in [3.05, 3.63) is 0 Å². The number of nitrogens with zero attached hydrogens (tertiary/aromatic N) is 2. The molecule has 0 bridgehead atoms. The molecule has 0 aliphatic carbocycles. The van der Waals surface area contributed by atoms with Crippen LogP contribution in [0.25, 0.3) is 0 Å². The molecule has 0 spiro atoms. The first kappa shape index (κ1) is 9.83. The molecule has 1 heterocycles. The van der Waals surface area contributed by atoms with Gasteiger partial charge < -0.3 is 15.5 Å². The van der Waals surface area contributed by atoms with E-state index in [1.165, 1.54) is 0 Å². The van der Waals surface area contributed by atoms with Crippen molar-refractivity contribution in [2.45, 2.75) is 39.2 Å². The number of nitrogens with one attached hydrogen (secondary N) is 1. The van der Waals surface area contributed by atoms with Gasteiger partial charge in [0.05, 0.1) is 0 Å². The summed E-state index contributed by atoms with van der Waals surface area (Å²) in [5.41, 5.74) is 5.29. The third-order valence-corrected chi connectivity index (χ3v) is 1.90. The molecule has 74 valence electrons. The lowest BCUT2D eigenvalue weighted by molar-refractivity contribution is 0.549. The van der Waals surface area contributed by atoms with Gasteiger partial charge in [0.15, 0.2) is 0 Å². The highest BCUT2D eigenvalue weighted by atomic mass is 16.4. The Labute approximate surface area is 77.7 Å². The van der Waals surface area contributed by atoms with Gasteiger partial charge in [-0.3, -0.25) is 0 Å².